The number of piperidine rings is 1. The number of hydrogen-bond donors (Lipinski definition) is 1. The van der Waals surface area contributed by atoms with Crippen LogP contribution in [0.25, 0.3) is 0 Å². The summed E-state index contributed by atoms with van der Waals surface area (Å²) in [4.78, 5) is 37.6. The van der Waals surface area contributed by atoms with Crippen molar-refractivity contribution in [1.29, 1.82) is 0 Å². The second-order valence-corrected chi connectivity index (χ2v) is 7.11. The van der Waals surface area contributed by atoms with Crippen LogP contribution >= 0.6 is 0 Å². The van der Waals surface area contributed by atoms with Crippen LogP contribution in [0, 0.1) is 5.92 Å². The molecule has 0 spiro atoms. The predicted octanol–water partition coefficient (Wildman–Crippen LogP) is 2.61. The van der Waals surface area contributed by atoms with Crippen molar-refractivity contribution in [3.05, 3.63) is 18.2 Å². The topological polar surface area (TPSA) is 94.2 Å². The molecule has 1 aliphatic heterocycles. The van der Waals surface area contributed by atoms with Crippen LogP contribution in [0.4, 0.5) is 5.69 Å². The Morgan fingerprint density at radius 3 is 2.34 bits per heavy atom. The minimum absolute atomic E-state index is 0.0342. The van der Waals surface area contributed by atoms with Crippen molar-refractivity contribution in [3.8, 4) is 11.5 Å². The summed E-state index contributed by atoms with van der Waals surface area (Å²) in [6.07, 6.45) is 3.23. The van der Waals surface area contributed by atoms with Gasteiger partial charge in [-0.3, -0.25) is 14.4 Å². The maximum Gasteiger partial charge on any atom is 0.306 e. The molecule has 1 aromatic carbocycles. The lowest BCUT2D eigenvalue weighted by Crippen LogP contribution is -2.40. The highest BCUT2D eigenvalue weighted by molar-refractivity contribution is 5.91. The Kier molecular flexibility index (Phi) is 8.76. The smallest absolute Gasteiger partial charge is 0.306 e. The van der Waals surface area contributed by atoms with Gasteiger partial charge in [0.1, 0.15) is 11.5 Å². The number of nitrogens with zero attached hydrogens (tertiary/aromatic N) is 1. The van der Waals surface area contributed by atoms with Crippen LogP contribution in [0.15, 0.2) is 18.2 Å². The van der Waals surface area contributed by atoms with Gasteiger partial charge in [-0.15, -0.1) is 0 Å². The fraction of sp³-hybridized carbons (Fsp3) is 0.571. The molecule has 2 rings (SSSR count). The summed E-state index contributed by atoms with van der Waals surface area (Å²) in [6, 6.07) is 5.22. The van der Waals surface area contributed by atoms with Gasteiger partial charge >= 0.3 is 5.97 Å². The average molecular weight is 406 g/mol. The maximum absolute atomic E-state index is 12.4. The Balaban J connectivity index is 1.81. The third kappa shape index (κ3) is 7.29. The van der Waals surface area contributed by atoms with Gasteiger partial charge in [-0.25, -0.2) is 0 Å². The minimum atomic E-state index is -0.377. The largest absolute Gasteiger partial charge is 0.497 e. The summed E-state index contributed by atoms with van der Waals surface area (Å²) in [7, 11) is 4.43. The lowest BCUT2D eigenvalue weighted by Gasteiger charge is -2.32. The van der Waals surface area contributed by atoms with E-state index in [2.05, 4.69) is 10.1 Å². The van der Waals surface area contributed by atoms with E-state index in [1.807, 2.05) is 0 Å². The first kappa shape index (κ1) is 22.5. The normalized spacial score (nSPS) is 16.1. The highest BCUT2D eigenvalue weighted by Gasteiger charge is 2.24. The van der Waals surface area contributed by atoms with E-state index in [4.69, 9.17) is 9.47 Å². The van der Waals surface area contributed by atoms with E-state index in [1.54, 1.807) is 37.3 Å². The molecule has 1 aliphatic rings. The number of amides is 2. The summed E-state index contributed by atoms with van der Waals surface area (Å²) >= 11 is 0. The number of likely N-dealkylation sites (tertiary alicyclic amines) is 1. The lowest BCUT2D eigenvalue weighted by atomic mass is 9.93. The zero-order valence-electron chi connectivity index (χ0n) is 17.4. The van der Waals surface area contributed by atoms with Crippen molar-refractivity contribution < 1.29 is 28.6 Å². The molecule has 29 heavy (non-hydrogen) atoms. The number of hydrogen-bond acceptors (Lipinski definition) is 6. The van der Waals surface area contributed by atoms with E-state index in [0.29, 0.717) is 43.1 Å². The number of anilines is 1. The van der Waals surface area contributed by atoms with E-state index in [0.717, 1.165) is 12.8 Å². The van der Waals surface area contributed by atoms with Crippen molar-refractivity contribution in [2.45, 2.75) is 38.5 Å². The first-order chi connectivity index (χ1) is 13.9. The maximum atomic E-state index is 12.4. The Morgan fingerprint density at radius 2 is 1.72 bits per heavy atom. The Hall–Kier alpha value is -2.77. The van der Waals surface area contributed by atoms with E-state index in [9.17, 15) is 14.4 Å². The van der Waals surface area contributed by atoms with Crippen LogP contribution in [0.1, 0.15) is 38.5 Å². The molecule has 8 nitrogen and oxygen atoms in total. The molecule has 1 saturated heterocycles. The van der Waals surface area contributed by atoms with E-state index in [-0.39, 0.29) is 36.5 Å². The SMILES string of the molecule is COC(=O)CCC(=O)N1CCC[C@@H](CCC(=O)Nc2cc(OC)cc(OC)c2)C1. The van der Waals surface area contributed by atoms with Crippen LogP contribution in [0.3, 0.4) is 0 Å². The monoisotopic (exact) mass is 406 g/mol. The molecule has 0 bridgehead atoms. The number of carbonyl (C=O) groups is 3. The highest BCUT2D eigenvalue weighted by atomic mass is 16.5. The predicted molar refractivity (Wildman–Crippen MR) is 108 cm³/mol. The highest BCUT2D eigenvalue weighted by Crippen LogP contribution is 2.26. The molecule has 0 aromatic heterocycles. The van der Waals surface area contributed by atoms with Crippen LogP contribution in [-0.4, -0.2) is 57.1 Å². The van der Waals surface area contributed by atoms with Crippen molar-refractivity contribution >= 4 is 23.5 Å². The molecule has 0 saturated carbocycles. The zero-order chi connectivity index (χ0) is 21.2. The Labute approximate surface area is 171 Å². The van der Waals surface area contributed by atoms with Crippen LogP contribution in [0.5, 0.6) is 11.5 Å². The fourth-order valence-electron chi connectivity index (χ4n) is 3.43. The third-order valence-corrected chi connectivity index (χ3v) is 5.06. The number of esters is 1. The molecule has 1 atom stereocenters. The molecule has 2 amide bonds. The first-order valence-electron chi connectivity index (χ1n) is 9.82. The lowest BCUT2D eigenvalue weighted by molar-refractivity contribution is -0.144. The van der Waals surface area contributed by atoms with Crippen molar-refractivity contribution in [1.82, 2.24) is 4.90 Å². The first-order valence-corrected chi connectivity index (χ1v) is 9.82. The number of nitrogens with one attached hydrogen (secondary N) is 1. The van der Waals surface area contributed by atoms with Crippen LogP contribution in [-0.2, 0) is 19.1 Å². The molecule has 0 aliphatic carbocycles. The fourth-order valence-corrected chi connectivity index (χ4v) is 3.43. The van der Waals surface area contributed by atoms with E-state index >= 15 is 0 Å². The van der Waals surface area contributed by atoms with Gasteiger partial charge < -0.3 is 24.4 Å². The number of benzene rings is 1. The van der Waals surface area contributed by atoms with Crippen LogP contribution in [0.2, 0.25) is 0 Å². The van der Waals surface area contributed by atoms with E-state index < -0.39 is 0 Å². The quantitative estimate of drug-likeness (QED) is 0.634. The molecule has 1 aromatic rings. The Morgan fingerprint density at radius 1 is 1.03 bits per heavy atom. The van der Waals surface area contributed by atoms with Gasteiger partial charge in [-0.2, -0.15) is 0 Å². The third-order valence-electron chi connectivity index (χ3n) is 5.06. The second-order valence-electron chi connectivity index (χ2n) is 7.11. The van der Waals surface area contributed by atoms with Gasteiger partial charge in [0, 0.05) is 49.8 Å². The molecular formula is C21H30N2O6. The summed E-state index contributed by atoms with van der Waals surface area (Å²) < 4.78 is 15.0. The van der Waals surface area contributed by atoms with Gasteiger partial charge in [-0.1, -0.05) is 0 Å². The van der Waals surface area contributed by atoms with Crippen molar-refractivity contribution in [2.24, 2.45) is 5.92 Å². The number of carbonyl (C=O) groups excluding carboxylic acids is 3. The van der Waals surface area contributed by atoms with Crippen LogP contribution < -0.4 is 14.8 Å². The number of ether oxygens (including phenoxy) is 3. The Bertz CT molecular complexity index is 699. The molecule has 8 heteroatoms. The second kappa shape index (κ2) is 11.3. The molecule has 1 heterocycles. The summed E-state index contributed by atoms with van der Waals surface area (Å²) in [5.41, 5.74) is 0.620. The molecule has 160 valence electrons. The van der Waals surface area contributed by atoms with Gasteiger partial charge in [0.2, 0.25) is 11.8 Å². The molecule has 0 unspecified atom stereocenters. The summed E-state index contributed by atoms with van der Waals surface area (Å²) in [5.74, 6) is 0.984. The van der Waals surface area contributed by atoms with Crippen molar-refractivity contribution in [2.75, 3.05) is 39.7 Å². The molecule has 0 radical (unpaired) electrons. The number of rotatable bonds is 9. The van der Waals surface area contributed by atoms with E-state index in [1.165, 1.54) is 7.11 Å². The molecule has 1 N–H and O–H groups in total. The average Bonchev–Trinajstić information content (AvgIpc) is 2.75. The standard InChI is InChI=1S/C21H30N2O6/c1-27-17-11-16(12-18(13-17)28-2)22-19(24)7-6-15-5-4-10-23(14-15)20(25)8-9-21(26)29-3/h11-13,15H,4-10,14H2,1-3H3,(H,22,24)/t15-/m0/s1. The minimum Gasteiger partial charge on any atom is -0.497 e. The van der Waals surface area contributed by atoms with Crippen molar-refractivity contribution in [3.63, 3.8) is 0 Å². The van der Waals surface area contributed by atoms with Gasteiger partial charge in [0.05, 0.1) is 27.8 Å². The van der Waals surface area contributed by atoms with Gasteiger partial charge in [0.25, 0.3) is 0 Å². The summed E-state index contributed by atoms with van der Waals surface area (Å²) in [6.45, 7) is 1.33. The number of methoxy groups -OCH3 is 3. The molecular weight excluding hydrogens is 376 g/mol. The molecule has 1 fully saturated rings. The summed E-state index contributed by atoms with van der Waals surface area (Å²) in [5, 5.41) is 2.87. The van der Waals surface area contributed by atoms with Gasteiger partial charge in [-0.05, 0) is 25.2 Å². The van der Waals surface area contributed by atoms with Gasteiger partial charge in [0.15, 0.2) is 0 Å². The zero-order valence-corrected chi connectivity index (χ0v) is 17.4.